The lowest BCUT2D eigenvalue weighted by atomic mass is 10.1. The van der Waals surface area contributed by atoms with Gasteiger partial charge in [0.2, 0.25) is 11.8 Å². The van der Waals surface area contributed by atoms with Crippen LogP contribution in [0.2, 0.25) is 0 Å². The Morgan fingerprint density at radius 2 is 2.09 bits per heavy atom. The second-order valence-electron chi connectivity index (χ2n) is 5.35. The van der Waals surface area contributed by atoms with Crippen molar-refractivity contribution < 1.29 is 9.53 Å². The second-order valence-corrected chi connectivity index (χ2v) is 6.26. The standard InChI is InChI=1S/C17H17BrN2O2/c18-14-6-7-16(19-11-14)22-15-8-9-20(12-15)17(21)10-13-4-2-1-3-5-13/h1-7,11,15H,8-10,12H2. The molecule has 1 saturated heterocycles. The normalized spacial score (nSPS) is 17.5. The van der Waals surface area contributed by atoms with Gasteiger partial charge in [0.25, 0.3) is 0 Å². The molecule has 1 aliphatic heterocycles. The molecule has 1 aromatic heterocycles. The minimum absolute atomic E-state index is 0.0217. The zero-order valence-corrected chi connectivity index (χ0v) is 13.7. The number of likely N-dealkylation sites (tertiary alicyclic amines) is 1. The zero-order chi connectivity index (χ0) is 15.4. The van der Waals surface area contributed by atoms with Crippen LogP contribution in [0.4, 0.5) is 0 Å². The number of ether oxygens (including phenoxy) is 1. The van der Waals surface area contributed by atoms with E-state index in [0.29, 0.717) is 18.8 Å². The van der Waals surface area contributed by atoms with Crippen molar-refractivity contribution in [3.05, 3.63) is 58.7 Å². The molecule has 1 unspecified atom stereocenters. The van der Waals surface area contributed by atoms with Gasteiger partial charge in [-0.15, -0.1) is 0 Å². The largest absolute Gasteiger partial charge is 0.472 e. The van der Waals surface area contributed by atoms with Crippen LogP contribution in [0, 0.1) is 0 Å². The van der Waals surface area contributed by atoms with Gasteiger partial charge in [0.15, 0.2) is 0 Å². The number of aromatic nitrogens is 1. The number of benzene rings is 1. The highest BCUT2D eigenvalue weighted by Gasteiger charge is 2.27. The van der Waals surface area contributed by atoms with Crippen molar-refractivity contribution in [2.24, 2.45) is 0 Å². The number of pyridine rings is 1. The Morgan fingerprint density at radius 1 is 1.27 bits per heavy atom. The monoisotopic (exact) mass is 360 g/mol. The van der Waals surface area contributed by atoms with E-state index in [1.54, 1.807) is 6.20 Å². The number of hydrogen-bond acceptors (Lipinski definition) is 3. The Labute approximate surface area is 138 Å². The van der Waals surface area contributed by atoms with Crippen LogP contribution in [0.15, 0.2) is 53.1 Å². The molecule has 114 valence electrons. The average molecular weight is 361 g/mol. The molecule has 1 fully saturated rings. The first-order valence-corrected chi connectivity index (χ1v) is 8.10. The second kappa shape index (κ2) is 6.92. The van der Waals surface area contributed by atoms with E-state index >= 15 is 0 Å². The van der Waals surface area contributed by atoms with Crippen molar-refractivity contribution in [3.8, 4) is 5.88 Å². The van der Waals surface area contributed by atoms with Crippen LogP contribution in [0.3, 0.4) is 0 Å². The molecular weight excluding hydrogens is 344 g/mol. The van der Waals surface area contributed by atoms with Gasteiger partial charge in [-0.1, -0.05) is 30.3 Å². The summed E-state index contributed by atoms with van der Waals surface area (Å²) in [6.45, 7) is 1.37. The quantitative estimate of drug-likeness (QED) is 0.841. The maximum Gasteiger partial charge on any atom is 0.227 e. The third-order valence-corrected chi connectivity index (χ3v) is 4.15. The van der Waals surface area contributed by atoms with Crippen molar-refractivity contribution >= 4 is 21.8 Å². The van der Waals surface area contributed by atoms with E-state index in [1.807, 2.05) is 47.4 Å². The number of rotatable bonds is 4. The molecule has 5 heteroatoms. The minimum atomic E-state index is 0.0217. The van der Waals surface area contributed by atoms with Crippen molar-refractivity contribution in [2.45, 2.75) is 18.9 Å². The molecule has 1 aliphatic rings. The van der Waals surface area contributed by atoms with Crippen molar-refractivity contribution in [1.29, 1.82) is 0 Å². The van der Waals surface area contributed by atoms with Gasteiger partial charge in [-0.3, -0.25) is 4.79 Å². The summed E-state index contributed by atoms with van der Waals surface area (Å²) in [7, 11) is 0. The highest BCUT2D eigenvalue weighted by atomic mass is 79.9. The molecule has 0 bridgehead atoms. The van der Waals surface area contributed by atoms with Crippen molar-refractivity contribution in [1.82, 2.24) is 9.88 Å². The van der Waals surface area contributed by atoms with Gasteiger partial charge in [0.05, 0.1) is 13.0 Å². The van der Waals surface area contributed by atoms with Crippen molar-refractivity contribution in [2.75, 3.05) is 13.1 Å². The summed E-state index contributed by atoms with van der Waals surface area (Å²) < 4.78 is 6.76. The molecule has 1 amide bonds. The molecule has 0 spiro atoms. The molecule has 0 radical (unpaired) electrons. The number of carbonyl (C=O) groups is 1. The van der Waals surface area contributed by atoms with E-state index in [2.05, 4.69) is 20.9 Å². The van der Waals surface area contributed by atoms with Gasteiger partial charge < -0.3 is 9.64 Å². The SMILES string of the molecule is O=C(Cc1ccccc1)N1CCC(Oc2ccc(Br)cn2)C1. The lowest BCUT2D eigenvalue weighted by Crippen LogP contribution is -2.32. The predicted molar refractivity (Wildman–Crippen MR) is 87.7 cm³/mol. The molecule has 1 aromatic carbocycles. The summed E-state index contributed by atoms with van der Waals surface area (Å²) in [4.78, 5) is 18.4. The van der Waals surface area contributed by atoms with Gasteiger partial charge in [-0.2, -0.15) is 0 Å². The van der Waals surface area contributed by atoms with Crippen LogP contribution < -0.4 is 4.74 Å². The average Bonchev–Trinajstić information content (AvgIpc) is 2.99. The Hall–Kier alpha value is -1.88. The predicted octanol–water partition coefficient (Wildman–Crippen LogP) is 3.07. The smallest absolute Gasteiger partial charge is 0.227 e. The van der Waals surface area contributed by atoms with Gasteiger partial charge in [0.1, 0.15) is 6.10 Å². The highest BCUT2D eigenvalue weighted by molar-refractivity contribution is 9.10. The summed E-state index contributed by atoms with van der Waals surface area (Å²) in [5, 5.41) is 0. The number of carbonyl (C=O) groups excluding carboxylic acids is 1. The van der Waals surface area contributed by atoms with E-state index in [0.717, 1.165) is 23.0 Å². The molecule has 4 nitrogen and oxygen atoms in total. The maximum absolute atomic E-state index is 12.3. The van der Waals surface area contributed by atoms with Crippen LogP contribution in [-0.2, 0) is 11.2 Å². The Bertz CT molecular complexity index is 631. The molecule has 2 aromatic rings. The maximum atomic E-state index is 12.3. The first-order chi connectivity index (χ1) is 10.7. The molecule has 0 aliphatic carbocycles. The Morgan fingerprint density at radius 3 is 2.82 bits per heavy atom. The molecule has 22 heavy (non-hydrogen) atoms. The van der Waals surface area contributed by atoms with E-state index in [1.165, 1.54) is 0 Å². The molecule has 1 atom stereocenters. The number of amides is 1. The fraction of sp³-hybridized carbons (Fsp3) is 0.294. The summed E-state index contributed by atoms with van der Waals surface area (Å²) in [5.41, 5.74) is 1.05. The van der Waals surface area contributed by atoms with Crippen LogP contribution in [0.5, 0.6) is 5.88 Å². The molecule has 2 heterocycles. The Kier molecular flexibility index (Phi) is 4.73. The van der Waals surface area contributed by atoms with Gasteiger partial charge in [-0.25, -0.2) is 4.98 Å². The highest BCUT2D eigenvalue weighted by Crippen LogP contribution is 2.19. The zero-order valence-electron chi connectivity index (χ0n) is 12.1. The fourth-order valence-corrected chi connectivity index (χ4v) is 2.77. The van der Waals surface area contributed by atoms with Crippen molar-refractivity contribution in [3.63, 3.8) is 0 Å². The van der Waals surface area contributed by atoms with Gasteiger partial charge >= 0.3 is 0 Å². The van der Waals surface area contributed by atoms with Crippen LogP contribution in [-0.4, -0.2) is 35.0 Å². The van der Waals surface area contributed by atoms with Crippen LogP contribution in [0.25, 0.3) is 0 Å². The van der Waals surface area contributed by atoms with Crippen LogP contribution >= 0.6 is 15.9 Å². The summed E-state index contributed by atoms with van der Waals surface area (Å²) >= 11 is 3.35. The molecule has 3 rings (SSSR count). The lowest BCUT2D eigenvalue weighted by Gasteiger charge is -2.17. The molecule has 0 saturated carbocycles. The lowest BCUT2D eigenvalue weighted by molar-refractivity contribution is -0.129. The summed E-state index contributed by atoms with van der Waals surface area (Å²) in [6, 6.07) is 13.6. The number of halogens is 1. The molecule has 0 N–H and O–H groups in total. The minimum Gasteiger partial charge on any atom is -0.472 e. The van der Waals surface area contributed by atoms with E-state index < -0.39 is 0 Å². The van der Waals surface area contributed by atoms with Crippen LogP contribution in [0.1, 0.15) is 12.0 Å². The third kappa shape index (κ3) is 3.85. The third-order valence-electron chi connectivity index (χ3n) is 3.68. The first-order valence-electron chi connectivity index (χ1n) is 7.30. The number of hydrogen-bond donors (Lipinski definition) is 0. The fourth-order valence-electron chi connectivity index (χ4n) is 2.54. The van der Waals surface area contributed by atoms with E-state index in [9.17, 15) is 4.79 Å². The summed E-state index contributed by atoms with van der Waals surface area (Å²) in [6.07, 6.45) is 3.03. The number of nitrogens with zero attached hydrogens (tertiary/aromatic N) is 2. The first kappa shape index (κ1) is 15.0. The molecular formula is C17H17BrN2O2. The Balaban J connectivity index is 1.53. The van der Waals surface area contributed by atoms with E-state index in [-0.39, 0.29) is 12.0 Å². The topological polar surface area (TPSA) is 42.4 Å². The van der Waals surface area contributed by atoms with E-state index in [4.69, 9.17) is 4.74 Å². The van der Waals surface area contributed by atoms with Gasteiger partial charge in [-0.05, 0) is 27.6 Å². The summed E-state index contributed by atoms with van der Waals surface area (Å²) in [5.74, 6) is 0.756. The van der Waals surface area contributed by atoms with Gasteiger partial charge in [0, 0.05) is 29.7 Å².